The fourth-order valence-corrected chi connectivity index (χ4v) is 4.80. The highest BCUT2D eigenvalue weighted by Gasteiger charge is 2.23. The topological polar surface area (TPSA) is 4.93 Å². The highest BCUT2D eigenvalue weighted by Crippen LogP contribution is 2.40. The lowest BCUT2D eigenvalue weighted by molar-refractivity contribution is 1.14. The molecular weight excluding hydrogens is 422 g/mol. The lowest BCUT2D eigenvalue weighted by Crippen LogP contribution is -2.21. The third-order valence-corrected chi connectivity index (χ3v) is 6.48. The number of para-hydroxylation sites is 1. The van der Waals surface area contributed by atoms with Gasteiger partial charge in [0.25, 0.3) is 0 Å². The molecule has 1 heteroatoms. The number of hydrogen-bond donors (Lipinski definition) is 0. The van der Waals surface area contributed by atoms with Crippen molar-refractivity contribution in [1.29, 1.82) is 0 Å². The zero-order chi connectivity index (χ0) is 24.2. The van der Waals surface area contributed by atoms with Crippen LogP contribution in [0.3, 0.4) is 0 Å². The van der Waals surface area contributed by atoms with Crippen LogP contribution in [0, 0.1) is 0 Å². The fourth-order valence-electron chi connectivity index (χ4n) is 4.80. The third kappa shape index (κ3) is 4.41. The van der Waals surface area contributed by atoms with Crippen LogP contribution >= 0.6 is 0 Å². The van der Waals surface area contributed by atoms with Gasteiger partial charge in [0.1, 0.15) is 0 Å². The van der Waals surface area contributed by atoms with E-state index in [0.29, 0.717) is 0 Å². The minimum absolute atomic E-state index is 0.934. The third-order valence-electron chi connectivity index (χ3n) is 6.48. The normalized spacial score (nSPS) is 14.3. The van der Waals surface area contributed by atoms with E-state index in [1.54, 1.807) is 0 Å². The molecule has 0 bridgehead atoms. The summed E-state index contributed by atoms with van der Waals surface area (Å²) in [6.07, 6.45) is 17.8. The van der Waals surface area contributed by atoms with E-state index in [4.69, 9.17) is 0 Å². The molecule has 0 saturated heterocycles. The van der Waals surface area contributed by atoms with Crippen molar-refractivity contribution in [3.05, 3.63) is 143 Å². The van der Waals surface area contributed by atoms with Crippen LogP contribution < -0.4 is 10.4 Å². The van der Waals surface area contributed by atoms with Gasteiger partial charge in [0, 0.05) is 17.5 Å². The van der Waals surface area contributed by atoms with Gasteiger partial charge in [0.15, 0.2) is 0 Å². The minimum Gasteiger partial charge on any atom is -0.310 e. The summed E-state index contributed by atoms with van der Waals surface area (Å²) in [4.78, 5) is 0. The molecule has 0 amide bonds. The van der Waals surface area contributed by atoms with Gasteiger partial charge in [-0.05, 0) is 63.9 Å². The number of allylic oxidation sites excluding steroid dienone is 7. The molecule has 0 spiro atoms. The summed E-state index contributed by atoms with van der Waals surface area (Å²) in [5, 5.41) is 3.50. The maximum atomic E-state index is 4.09. The molecule has 0 unspecified atom stereocenters. The number of hydrogen-bond acceptors (Lipinski definition) is 0. The number of fused-ring (bicyclic) bond motifs is 3. The van der Waals surface area contributed by atoms with Gasteiger partial charge < -0.3 is 4.57 Å². The van der Waals surface area contributed by atoms with Crippen molar-refractivity contribution < 1.29 is 0 Å². The first-order valence-corrected chi connectivity index (χ1v) is 12.0. The lowest BCUT2D eigenvalue weighted by Gasteiger charge is -2.10. The summed E-state index contributed by atoms with van der Waals surface area (Å²) >= 11 is 0. The van der Waals surface area contributed by atoms with Gasteiger partial charge in [0.05, 0.1) is 11.2 Å². The van der Waals surface area contributed by atoms with Crippen molar-refractivity contribution in [2.75, 3.05) is 0 Å². The van der Waals surface area contributed by atoms with Crippen LogP contribution in [0.15, 0.2) is 110 Å². The maximum Gasteiger partial charge on any atom is 0.0537 e. The van der Waals surface area contributed by atoms with Gasteiger partial charge in [-0.25, -0.2) is 0 Å². The Morgan fingerprint density at radius 2 is 1.71 bits per heavy atom. The fraction of sp³-hybridized carbons (Fsp3) is 0.0588. The highest BCUT2D eigenvalue weighted by molar-refractivity contribution is 6.00. The molecule has 4 aromatic rings. The summed E-state index contributed by atoms with van der Waals surface area (Å²) in [6, 6.07) is 25.7. The number of benzene rings is 3. The predicted octanol–water partition coefficient (Wildman–Crippen LogP) is 7.25. The maximum absolute atomic E-state index is 4.09. The van der Waals surface area contributed by atoms with Crippen molar-refractivity contribution in [3.63, 3.8) is 0 Å². The molecule has 1 aliphatic rings. The molecule has 0 atom stereocenters. The molecule has 170 valence electrons. The van der Waals surface area contributed by atoms with Gasteiger partial charge in [-0.1, -0.05) is 110 Å². The van der Waals surface area contributed by atoms with Crippen LogP contribution in [0.25, 0.3) is 47.0 Å². The molecule has 0 N–H and O–H groups in total. The Kier molecular flexibility index (Phi) is 6.32. The van der Waals surface area contributed by atoms with Crippen molar-refractivity contribution in [1.82, 2.24) is 4.57 Å². The minimum atomic E-state index is 0.934. The van der Waals surface area contributed by atoms with Crippen molar-refractivity contribution in [2.45, 2.75) is 13.3 Å². The van der Waals surface area contributed by atoms with E-state index in [0.717, 1.165) is 22.6 Å². The average molecular weight is 452 g/mol. The molecular formula is C34H29N. The van der Waals surface area contributed by atoms with E-state index in [2.05, 4.69) is 122 Å². The van der Waals surface area contributed by atoms with Crippen molar-refractivity contribution in [3.8, 4) is 0 Å². The molecule has 0 fully saturated rings. The van der Waals surface area contributed by atoms with Crippen LogP contribution in [0.1, 0.15) is 29.3 Å². The van der Waals surface area contributed by atoms with Gasteiger partial charge in [-0.3, -0.25) is 0 Å². The lowest BCUT2D eigenvalue weighted by atomic mass is 10.0. The Morgan fingerprint density at radius 3 is 2.49 bits per heavy atom. The van der Waals surface area contributed by atoms with Crippen LogP contribution in [-0.2, 0) is 6.42 Å². The SMILES string of the molecule is C=C/C=C(\C=C/C)n1c2c(c3ccccc31)CC(c1ccc(/C=C\C=c3\ccccc3=C)cc1)=C2. The Bertz CT molecular complexity index is 1630. The molecule has 0 saturated carbocycles. The van der Waals surface area contributed by atoms with E-state index >= 15 is 0 Å². The molecule has 1 heterocycles. The first kappa shape index (κ1) is 22.4. The standard InChI is InChI=1S/C34H29N/c1-4-11-30(12-5-2)35-33-18-9-8-17-31(33)32-23-29(24-34(32)35)28-21-19-26(20-22-28)14-10-16-27-15-7-6-13-25(27)3/h4-22,24H,1,3,23H2,2H3/b12-5-,14-10-,27-16-,30-11+. The predicted molar refractivity (Wildman–Crippen MR) is 154 cm³/mol. The second-order valence-corrected chi connectivity index (χ2v) is 8.74. The monoisotopic (exact) mass is 451 g/mol. The molecule has 5 rings (SSSR count). The average Bonchev–Trinajstić information content (AvgIpc) is 3.43. The summed E-state index contributed by atoms with van der Waals surface area (Å²) < 4.78 is 2.35. The summed E-state index contributed by atoms with van der Waals surface area (Å²) in [5.41, 5.74) is 8.81. The van der Waals surface area contributed by atoms with Crippen LogP contribution in [0.5, 0.6) is 0 Å². The van der Waals surface area contributed by atoms with E-state index in [1.165, 1.54) is 38.9 Å². The van der Waals surface area contributed by atoms with Crippen LogP contribution in [0.2, 0.25) is 0 Å². The zero-order valence-electron chi connectivity index (χ0n) is 20.1. The van der Waals surface area contributed by atoms with Crippen LogP contribution in [0.4, 0.5) is 0 Å². The number of aromatic nitrogens is 1. The van der Waals surface area contributed by atoms with Gasteiger partial charge in [0.2, 0.25) is 0 Å². The van der Waals surface area contributed by atoms with Crippen molar-refractivity contribution >= 4 is 47.0 Å². The second kappa shape index (κ2) is 9.87. The zero-order valence-corrected chi connectivity index (χ0v) is 20.1. The Morgan fingerprint density at radius 1 is 0.943 bits per heavy atom. The summed E-state index contributed by atoms with van der Waals surface area (Å²) in [7, 11) is 0. The van der Waals surface area contributed by atoms with Crippen LogP contribution in [-0.4, -0.2) is 4.57 Å². The molecule has 0 radical (unpaired) electrons. The number of nitrogens with zero attached hydrogens (tertiary/aromatic N) is 1. The first-order valence-electron chi connectivity index (χ1n) is 12.0. The molecule has 1 aromatic heterocycles. The smallest absolute Gasteiger partial charge is 0.0537 e. The second-order valence-electron chi connectivity index (χ2n) is 8.74. The van der Waals surface area contributed by atoms with Gasteiger partial charge in [-0.2, -0.15) is 0 Å². The Balaban J connectivity index is 1.48. The van der Waals surface area contributed by atoms with E-state index in [1.807, 2.05) is 24.3 Å². The largest absolute Gasteiger partial charge is 0.310 e. The first-order chi connectivity index (χ1) is 17.2. The Labute approximate surface area is 207 Å². The van der Waals surface area contributed by atoms with Gasteiger partial charge in [-0.15, -0.1) is 0 Å². The molecule has 1 aliphatic carbocycles. The Hall–Kier alpha value is -4.36. The van der Waals surface area contributed by atoms with E-state index in [-0.39, 0.29) is 0 Å². The van der Waals surface area contributed by atoms with E-state index < -0.39 is 0 Å². The van der Waals surface area contributed by atoms with Crippen molar-refractivity contribution in [2.24, 2.45) is 0 Å². The highest BCUT2D eigenvalue weighted by atomic mass is 15.0. The number of rotatable bonds is 6. The van der Waals surface area contributed by atoms with Gasteiger partial charge >= 0.3 is 0 Å². The van der Waals surface area contributed by atoms with E-state index in [9.17, 15) is 0 Å². The molecule has 1 nitrogen and oxygen atoms in total. The summed E-state index contributed by atoms with van der Waals surface area (Å²) in [6.45, 7) is 10.1. The summed E-state index contributed by atoms with van der Waals surface area (Å²) in [5.74, 6) is 0. The quantitative estimate of drug-likeness (QED) is 0.272. The molecule has 35 heavy (non-hydrogen) atoms. The molecule has 0 aliphatic heterocycles. The molecule has 3 aromatic carbocycles.